The SMILES string of the molecule is CCCOCC(O)Cc1cccc(F)c1F. The monoisotopic (exact) mass is 230 g/mol. The van der Waals surface area contributed by atoms with Crippen LogP contribution >= 0.6 is 0 Å². The molecule has 0 saturated heterocycles. The topological polar surface area (TPSA) is 29.5 Å². The van der Waals surface area contributed by atoms with Gasteiger partial charge in [-0.2, -0.15) is 0 Å². The highest BCUT2D eigenvalue weighted by atomic mass is 19.2. The van der Waals surface area contributed by atoms with E-state index in [9.17, 15) is 13.9 Å². The number of rotatable bonds is 6. The van der Waals surface area contributed by atoms with Crippen LogP contribution in [0.4, 0.5) is 8.78 Å². The summed E-state index contributed by atoms with van der Waals surface area (Å²) in [6, 6.07) is 3.94. The summed E-state index contributed by atoms with van der Waals surface area (Å²) in [7, 11) is 0. The Morgan fingerprint density at radius 1 is 1.38 bits per heavy atom. The highest BCUT2D eigenvalue weighted by molar-refractivity contribution is 5.19. The van der Waals surface area contributed by atoms with E-state index in [2.05, 4.69) is 0 Å². The fourth-order valence-corrected chi connectivity index (χ4v) is 1.38. The number of benzene rings is 1. The van der Waals surface area contributed by atoms with Crippen LogP contribution in [-0.4, -0.2) is 24.4 Å². The maximum Gasteiger partial charge on any atom is 0.162 e. The lowest BCUT2D eigenvalue weighted by atomic mass is 10.1. The summed E-state index contributed by atoms with van der Waals surface area (Å²) in [4.78, 5) is 0. The van der Waals surface area contributed by atoms with Crippen LogP contribution in [0.25, 0.3) is 0 Å². The Kier molecular flexibility index (Phi) is 5.35. The van der Waals surface area contributed by atoms with E-state index in [1.165, 1.54) is 12.1 Å². The molecule has 0 spiro atoms. The van der Waals surface area contributed by atoms with Crippen LogP contribution in [0.2, 0.25) is 0 Å². The molecule has 0 aromatic heterocycles. The highest BCUT2D eigenvalue weighted by Crippen LogP contribution is 2.13. The molecule has 0 saturated carbocycles. The Morgan fingerprint density at radius 3 is 2.81 bits per heavy atom. The first-order chi connectivity index (χ1) is 7.65. The fourth-order valence-electron chi connectivity index (χ4n) is 1.38. The summed E-state index contributed by atoms with van der Waals surface area (Å²) in [5, 5.41) is 9.53. The number of aliphatic hydroxyl groups excluding tert-OH is 1. The first kappa shape index (κ1) is 13.1. The molecule has 0 aliphatic rings. The minimum Gasteiger partial charge on any atom is -0.390 e. The third-order valence-corrected chi connectivity index (χ3v) is 2.15. The molecular weight excluding hydrogens is 214 g/mol. The predicted molar refractivity (Wildman–Crippen MR) is 57.2 cm³/mol. The van der Waals surface area contributed by atoms with Gasteiger partial charge in [-0.3, -0.25) is 0 Å². The van der Waals surface area contributed by atoms with Gasteiger partial charge in [0.2, 0.25) is 0 Å². The van der Waals surface area contributed by atoms with E-state index in [0.717, 1.165) is 12.5 Å². The zero-order chi connectivity index (χ0) is 12.0. The number of hydrogen-bond acceptors (Lipinski definition) is 2. The molecule has 16 heavy (non-hydrogen) atoms. The molecule has 1 rings (SSSR count). The van der Waals surface area contributed by atoms with E-state index < -0.39 is 17.7 Å². The molecule has 0 aliphatic carbocycles. The van der Waals surface area contributed by atoms with Gasteiger partial charge in [-0.25, -0.2) is 8.78 Å². The normalized spacial score (nSPS) is 12.8. The standard InChI is InChI=1S/C12H16F2O2/c1-2-6-16-8-10(15)7-9-4-3-5-11(13)12(9)14/h3-5,10,15H,2,6-8H2,1H3. The van der Waals surface area contributed by atoms with Gasteiger partial charge in [0, 0.05) is 13.0 Å². The number of hydrogen-bond donors (Lipinski definition) is 1. The van der Waals surface area contributed by atoms with Crippen molar-refractivity contribution in [3.63, 3.8) is 0 Å². The average Bonchev–Trinajstić information content (AvgIpc) is 2.25. The second-order valence-electron chi connectivity index (χ2n) is 3.65. The zero-order valence-corrected chi connectivity index (χ0v) is 9.25. The van der Waals surface area contributed by atoms with Crippen LogP contribution < -0.4 is 0 Å². The lowest BCUT2D eigenvalue weighted by Crippen LogP contribution is -2.19. The summed E-state index contributed by atoms with van der Waals surface area (Å²) in [5.74, 6) is -1.78. The van der Waals surface area contributed by atoms with E-state index in [1.54, 1.807) is 0 Å². The highest BCUT2D eigenvalue weighted by Gasteiger charge is 2.12. The first-order valence-electron chi connectivity index (χ1n) is 5.33. The van der Waals surface area contributed by atoms with Gasteiger partial charge in [-0.1, -0.05) is 19.1 Å². The van der Waals surface area contributed by atoms with Crippen molar-refractivity contribution >= 4 is 0 Å². The predicted octanol–water partition coefficient (Wildman–Crippen LogP) is 2.29. The summed E-state index contributed by atoms with van der Waals surface area (Å²) in [5.41, 5.74) is 0.174. The molecule has 4 heteroatoms. The Hall–Kier alpha value is -1.00. The van der Waals surface area contributed by atoms with E-state index in [-0.39, 0.29) is 18.6 Å². The van der Waals surface area contributed by atoms with E-state index >= 15 is 0 Å². The van der Waals surface area contributed by atoms with E-state index in [0.29, 0.717) is 6.61 Å². The Morgan fingerprint density at radius 2 is 2.12 bits per heavy atom. The maximum absolute atomic E-state index is 13.2. The minimum atomic E-state index is -0.892. The molecule has 0 bridgehead atoms. The molecule has 1 atom stereocenters. The van der Waals surface area contributed by atoms with Gasteiger partial charge in [-0.05, 0) is 18.1 Å². The van der Waals surface area contributed by atoms with Gasteiger partial charge in [0.15, 0.2) is 11.6 Å². The van der Waals surface area contributed by atoms with Crippen molar-refractivity contribution in [3.05, 3.63) is 35.4 Å². The molecule has 1 unspecified atom stereocenters. The zero-order valence-electron chi connectivity index (χ0n) is 9.25. The van der Waals surface area contributed by atoms with Crippen molar-refractivity contribution in [3.8, 4) is 0 Å². The van der Waals surface area contributed by atoms with Crippen molar-refractivity contribution in [2.75, 3.05) is 13.2 Å². The van der Waals surface area contributed by atoms with Gasteiger partial charge in [-0.15, -0.1) is 0 Å². The van der Waals surface area contributed by atoms with Crippen LogP contribution in [0, 0.1) is 11.6 Å². The van der Waals surface area contributed by atoms with Gasteiger partial charge >= 0.3 is 0 Å². The van der Waals surface area contributed by atoms with Crippen molar-refractivity contribution in [1.82, 2.24) is 0 Å². The third kappa shape index (κ3) is 3.87. The summed E-state index contributed by atoms with van der Waals surface area (Å²) < 4.78 is 31.2. The number of halogens is 2. The Balaban J connectivity index is 2.49. The van der Waals surface area contributed by atoms with Gasteiger partial charge in [0.05, 0.1) is 12.7 Å². The van der Waals surface area contributed by atoms with E-state index in [1.807, 2.05) is 6.92 Å². The quantitative estimate of drug-likeness (QED) is 0.760. The number of aliphatic hydroxyl groups is 1. The van der Waals surface area contributed by atoms with Crippen LogP contribution in [0.5, 0.6) is 0 Å². The average molecular weight is 230 g/mol. The van der Waals surface area contributed by atoms with Gasteiger partial charge in [0.25, 0.3) is 0 Å². The van der Waals surface area contributed by atoms with Crippen LogP contribution in [-0.2, 0) is 11.2 Å². The Bertz CT molecular complexity index is 329. The summed E-state index contributed by atoms with van der Waals surface area (Å²) in [6.45, 7) is 2.66. The summed E-state index contributed by atoms with van der Waals surface area (Å²) in [6.07, 6.45) is 0.122. The number of ether oxygens (including phenoxy) is 1. The van der Waals surface area contributed by atoms with Crippen LogP contribution in [0.15, 0.2) is 18.2 Å². The molecule has 0 fully saturated rings. The largest absolute Gasteiger partial charge is 0.390 e. The second kappa shape index (κ2) is 6.55. The van der Waals surface area contributed by atoms with Crippen LogP contribution in [0.1, 0.15) is 18.9 Å². The molecule has 1 aromatic carbocycles. The lowest BCUT2D eigenvalue weighted by molar-refractivity contribution is 0.0369. The molecular formula is C12H16F2O2. The van der Waals surface area contributed by atoms with Gasteiger partial charge in [0.1, 0.15) is 0 Å². The fraction of sp³-hybridized carbons (Fsp3) is 0.500. The molecule has 0 amide bonds. The van der Waals surface area contributed by atoms with E-state index in [4.69, 9.17) is 4.74 Å². The van der Waals surface area contributed by atoms with Gasteiger partial charge < -0.3 is 9.84 Å². The van der Waals surface area contributed by atoms with Crippen molar-refractivity contribution < 1.29 is 18.6 Å². The third-order valence-electron chi connectivity index (χ3n) is 2.15. The first-order valence-corrected chi connectivity index (χ1v) is 5.33. The van der Waals surface area contributed by atoms with Crippen molar-refractivity contribution in [2.24, 2.45) is 0 Å². The molecule has 2 nitrogen and oxygen atoms in total. The molecule has 1 aromatic rings. The smallest absolute Gasteiger partial charge is 0.162 e. The molecule has 90 valence electrons. The lowest BCUT2D eigenvalue weighted by Gasteiger charge is -2.11. The maximum atomic E-state index is 13.2. The van der Waals surface area contributed by atoms with Crippen LogP contribution in [0.3, 0.4) is 0 Å². The molecule has 0 radical (unpaired) electrons. The van der Waals surface area contributed by atoms with Crippen molar-refractivity contribution in [1.29, 1.82) is 0 Å². The second-order valence-corrected chi connectivity index (χ2v) is 3.65. The molecule has 1 N–H and O–H groups in total. The Labute approximate surface area is 93.9 Å². The minimum absolute atomic E-state index is 0.0628. The molecule has 0 heterocycles. The summed E-state index contributed by atoms with van der Waals surface area (Å²) >= 11 is 0. The molecule has 0 aliphatic heterocycles. The van der Waals surface area contributed by atoms with Crippen molar-refractivity contribution in [2.45, 2.75) is 25.9 Å².